The summed E-state index contributed by atoms with van der Waals surface area (Å²) < 4.78 is 20.3. The Morgan fingerprint density at radius 3 is 2.53 bits per heavy atom. The first-order chi connectivity index (χ1) is 14.5. The summed E-state index contributed by atoms with van der Waals surface area (Å²) in [4.78, 5) is 38.4. The fourth-order valence-corrected chi connectivity index (χ4v) is 3.77. The number of likely N-dealkylation sites (tertiary alicyclic amines) is 1. The second-order valence-electron chi connectivity index (χ2n) is 7.44. The molecule has 3 aromatic rings. The van der Waals surface area contributed by atoms with Crippen LogP contribution in [0.15, 0.2) is 57.7 Å². The Hall–Kier alpha value is -3.42. The first-order valence-corrected chi connectivity index (χ1v) is 9.92. The van der Waals surface area contributed by atoms with E-state index in [1.807, 2.05) is 0 Å². The molecule has 4 rings (SSSR count). The van der Waals surface area contributed by atoms with Crippen LogP contribution in [0.2, 0.25) is 0 Å². The van der Waals surface area contributed by atoms with Gasteiger partial charge in [-0.2, -0.15) is 0 Å². The van der Waals surface area contributed by atoms with Gasteiger partial charge in [-0.1, -0.05) is 24.3 Å². The van der Waals surface area contributed by atoms with E-state index in [4.69, 9.17) is 4.42 Å². The molecule has 0 unspecified atom stereocenters. The van der Waals surface area contributed by atoms with E-state index in [9.17, 15) is 18.8 Å². The number of piperidine rings is 1. The molecule has 2 aromatic carbocycles. The number of benzene rings is 2. The zero-order valence-corrected chi connectivity index (χ0v) is 16.3. The van der Waals surface area contributed by atoms with Crippen molar-refractivity contribution in [2.45, 2.75) is 19.4 Å². The minimum atomic E-state index is -0.564. The highest BCUT2D eigenvalue weighted by atomic mass is 19.1. The van der Waals surface area contributed by atoms with E-state index >= 15 is 0 Å². The maximum Gasteiger partial charge on any atom is 0.420 e. The first kappa shape index (κ1) is 19.9. The third-order valence-electron chi connectivity index (χ3n) is 5.47. The number of hydrogen-bond acceptors (Lipinski definition) is 4. The summed E-state index contributed by atoms with van der Waals surface area (Å²) >= 11 is 0. The van der Waals surface area contributed by atoms with E-state index < -0.39 is 11.6 Å². The molecule has 1 saturated heterocycles. The monoisotopic (exact) mass is 411 g/mol. The molecule has 2 amide bonds. The Morgan fingerprint density at radius 1 is 1.07 bits per heavy atom. The quantitative estimate of drug-likeness (QED) is 0.699. The Labute approximate surface area is 172 Å². The molecule has 0 spiro atoms. The lowest BCUT2D eigenvalue weighted by Crippen LogP contribution is -2.42. The fourth-order valence-electron chi connectivity index (χ4n) is 3.77. The van der Waals surface area contributed by atoms with Crippen molar-refractivity contribution in [2.24, 2.45) is 5.92 Å². The molecule has 0 aliphatic carbocycles. The van der Waals surface area contributed by atoms with Crippen molar-refractivity contribution in [2.75, 3.05) is 19.6 Å². The maximum atomic E-state index is 13.8. The van der Waals surface area contributed by atoms with Crippen LogP contribution in [-0.4, -0.2) is 40.9 Å². The highest BCUT2D eigenvalue weighted by Crippen LogP contribution is 2.19. The average molecular weight is 411 g/mol. The number of amides is 2. The Morgan fingerprint density at radius 2 is 1.77 bits per heavy atom. The molecule has 30 heavy (non-hydrogen) atoms. The largest absolute Gasteiger partial charge is 0.420 e. The highest BCUT2D eigenvalue weighted by Gasteiger charge is 2.25. The molecule has 8 heteroatoms. The van der Waals surface area contributed by atoms with Gasteiger partial charge < -0.3 is 14.6 Å². The standard InChI is InChI=1S/C22H22FN3O4/c23-17-6-2-1-5-16(17)21(28)25-11-9-15(10-12-25)13-24-20(27)14-26-18-7-3-4-8-19(18)30-22(26)29/h1-8,15H,9-14H2,(H,24,27). The maximum absolute atomic E-state index is 13.8. The topological polar surface area (TPSA) is 84.5 Å². The number of aromatic nitrogens is 1. The summed E-state index contributed by atoms with van der Waals surface area (Å²) in [5, 5.41) is 2.86. The Bertz CT molecular complexity index is 1130. The lowest BCUT2D eigenvalue weighted by molar-refractivity contribution is -0.121. The van der Waals surface area contributed by atoms with E-state index in [1.54, 1.807) is 41.3 Å². The normalized spacial score (nSPS) is 14.8. The van der Waals surface area contributed by atoms with Crippen LogP contribution in [0.4, 0.5) is 4.39 Å². The van der Waals surface area contributed by atoms with Gasteiger partial charge in [-0.25, -0.2) is 9.18 Å². The molecule has 1 N–H and O–H groups in total. The molecule has 1 aromatic heterocycles. The fraction of sp³-hybridized carbons (Fsp3) is 0.318. The number of oxazole rings is 1. The lowest BCUT2D eigenvalue weighted by Gasteiger charge is -2.32. The van der Waals surface area contributed by atoms with E-state index in [0.29, 0.717) is 30.7 Å². The number of fused-ring (bicyclic) bond motifs is 1. The predicted molar refractivity (Wildman–Crippen MR) is 109 cm³/mol. The van der Waals surface area contributed by atoms with Crippen LogP contribution in [0.25, 0.3) is 11.1 Å². The van der Waals surface area contributed by atoms with Gasteiger partial charge in [0.05, 0.1) is 11.1 Å². The van der Waals surface area contributed by atoms with Crippen molar-refractivity contribution in [3.63, 3.8) is 0 Å². The van der Waals surface area contributed by atoms with E-state index in [0.717, 1.165) is 12.8 Å². The Kier molecular flexibility index (Phi) is 5.65. The number of rotatable bonds is 5. The van der Waals surface area contributed by atoms with Gasteiger partial charge in [0.25, 0.3) is 5.91 Å². The van der Waals surface area contributed by atoms with Gasteiger partial charge in [-0.15, -0.1) is 0 Å². The number of halogens is 1. The van der Waals surface area contributed by atoms with E-state index in [2.05, 4.69) is 5.32 Å². The molecule has 0 bridgehead atoms. The summed E-state index contributed by atoms with van der Waals surface area (Å²) in [5.74, 6) is -1.43. The number of carbonyl (C=O) groups excluding carboxylic acids is 2. The molecule has 0 radical (unpaired) electrons. The van der Waals surface area contributed by atoms with Gasteiger partial charge in [-0.3, -0.25) is 14.2 Å². The average Bonchev–Trinajstić information content (AvgIpc) is 3.07. The Balaban J connectivity index is 1.28. The summed E-state index contributed by atoms with van der Waals surface area (Å²) in [5.41, 5.74) is 1.11. The smallest absolute Gasteiger partial charge is 0.408 e. The van der Waals surface area contributed by atoms with E-state index in [-0.39, 0.29) is 29.8 Å². The van der Waals surface area contributed by atoms with Gasteiger partial charge in [0.2, 0.25) is 5.91 Å². The van der Waals surface area contributed by atoms with Crippen molar-refractivity contribution >= 4 is 22.9 Å². The molecular formula is C22H22FN3O4. The zero-order valence-electron chi connectivity index (χ0n) is 16.3. The molecule has 0 saturated carbocycles. The predicted octanol–water partition coefficient (Wildman–Crippen LogP) is 2.40. The second kappa shape index (κ2) is 8.52. The van der Waals surface area contributed by atoms with Crippen LogP contribution in [0.3, 0.4) is 0 Å². The van der Waals surface area contributed by atoms with Crippen molar-refractivity contribution in [3.05, 3.63) is 70.5 Å². The second-order valence-corrected chi connectivity index (χ2v) is 7.44. The number of para-hydroxylation sites is 2. The summed E-state index contributed by atoms with van der Waals surface area (Å²) in [6.07, 6.45) is 1.43. The molecule has 0 atom stereocenters. The molecule has 1 aliphatic rings. The van der Waals surface area contributed by atoms with Crippen LogP contribution < -0.4 is 11.1 Å². The SMILES string of the molecule is O=C(Cn1c(=O)oc2ccccc21)NCC1CCN(C(=O)c2ccccc2F)CC1. The number of carbonyl (C=O) groups is 2. The molecule has 156 valence electrons. The number of nitrogens with one attached hydrogen (secondary N) is 1. The third-order valence-corrected chi connectivity index (χ3v) is 5.47. The summed E-state index contributed by atoms with van der Waals surface area (Å²) in [6.45, 7) is 1.38. The van der Waals surface area contributed by atoms with E-state index in [1.165, 1.54) is 16.7 Å². The van der Waals surface area contributed by atoms with Crippen LogP contribution in [-0.2, 0) is 11.3 Å². The highest BCUT2D eigenvalue weighted by molar-refractivity contribution is 5.94. The van der Waals surface area contributed by atoms with Crippen LogP contribution in [0, 0.1) is 11.7 Å². The zero-order chi connectivity index (χ0) is 21.1. The van der Waals surface area contributed by atoms with Crippen molar-refractivity contribution < 1.29 is 18.4 Å². The van der Waals surface area contributed by atoms with Crippen molar-refractivity contribution in [1.82, 2.24) is 14.8 Å². The number of nitrogens with zero attached hydrogens (tertiary/aromatic N) is 2. The minimum Gasteiger partial charge on any atom is -0.408 e. The third kappa shape index (κ3) is 4.12. The van der Waals surface area contributed by atoms with Gasteiger partial charge >= 0.3 is 5.76 Å². The van der Waals surface area contributed by atoms with Crippen LogP contribution in [0.1, 0.15) is 23.2 Å². The minimum absolute atomic E-state index is 0.0852. The molecule has 1 aliphatic heterocycles. The summed E-state index contributed by atoms with van der Waals surface area (Å²) in [6, 6.07) is 12.9. The first-order valence-electron chi connectivity index (χ1n) is 9.92. The van der Waals surface area contributed by atoms with Gasteiger partial charge in [0.1, 0.15) is 12.4 Å². The number of hydrogen-bond donors (Lipinski definition) is 1. The van der Waals surface area contributed by atoms with Crippen molar-refractivity contribution in [1.29, 1.82) is 0 Å². The lowest BCUT2D eigenvalue weighted by atomic mass is 9.96. The van der Waals surface area contributed by atoms with Crippen LogP contribution >= 0.6 is 0 Å². The van der Waals surface area contributed by atoms with Gasteiger partial charge in [-0.05, 0) is 43.0 Å². The van der Waals surface area contributed by atoms with Gasteiger partial charge in [0, 0.05) is 19.6 Å². The van der Waals surface area contributed by atoms with Crippen molar-refractivity contribution in [3.8, 4) is 0 Å². The van der Waals surface area contributed by atoms with Gasteiger partial charge in [0.15, 0.2) is 5.58 Å². The molecule has 1 fully saturated rings. The molecule has 7 nitrogen and oxygen atoms in total. The summed E-state index contributed by atoms with van der Waals surface area (Å²) in [7, 11) is 0. The van der Waals surface area contributed by atoms with Crippen LogP contribution in [0.5, 0.6) is 0 Å². The molecule has 2 heterocycles. The molecular weight excluding hydrogens is 389 g/mol.